The quantitative estimate of drug-likeness (QED) is 0.336. The molecule has 4 aliphatic heterocycles. The van der Waals surface area contributed by atoms with Crippen LogP contribution in [0.1, 0.15) is 60.9 Å². The van der Waals surface area contributed by atoms with E-state index in [1.165, 1.54) is 19.3 Å². The second-order valence-corrected chi connectivity index (χ2v) is 13.9. The standard InChI is InChI=1S/C33H41ClN6O4S/c1-2-23-18-22(19-26(34)30(23)35)20-28(31(41)38-13-6-24(7-14-38)37-11-4-3-5-12-37)44-33(43)39-15-8-25(9-16-39)40-21-29-27(10-17-45-29)36-32(40)42/h1,10,17-19,24-25,28H,3-9,11-16,20-21,35H2,(H,36,42)/t28-/m1/s1. The summed E-state index contributed by atoms with van der Waals surface area (Å²) in [5.41, 5.74) is 8.35. The van der Waals surface area contributed by atoms with Gasteiger partial charge in [0.2, 0.25) is 0 Å². The highest BCUT2D eigenvalue weighted by molar-refractivity contribution is 7.10. The summed E-state index contributed by atoms with van der Waals surface area (Å²) < 4.78 is 6.00. The number of rotatable bonds is 6. The molecule has 10 nitrogen and oxygen atoms in total. The highest BCUT2D eigenvalue weighted by atomic mass is 35.5. The minimum atomic E-state index is -1.03. The van der Waals surface area contributed by atoms with Crippen LogP contribution in [0.2, 0.25) is 5.02 Å². The van der Waals surface area contributed by atoms with Crippen LogP contribution in [0.25, 0.3) is 0 Å². The molecule has 2 aromatic rings. The Morgan fingerprint density at radius 1 is 1.04 bits per heavy atom. The van der Waals surface area contributed by atoms with Gasteiger partial charge in [-0.3, -0.25) is 4.79 Å². The van der Waals surface area contributed by atoms with Crippen LogP contribution in [-0.2, 0) is 22.5 Å². The first-order chi connectivity index (χ1) is 21.8. The Morgan fingerprint density at radius 2 is 1.73 bits per heavy atom. The third-order valence-electron chi connectivity index (χ3n) is 9.69. The van der Waals surface area contributed by atoms with Crippen molar-refractivity contribution in [3.63, 3.8) is 0 Å². The number of carbonyl (C=O) groups is 3. The van der Waals surface area contributed by atoms with Crippen molar-refractivity contribution in [3.8, 4) is 12.3 Å². The Morgan fingerprint density at radius 3 is 2.44 bits per heavy atom. The van der Waals surface area contributed by atoms with Gasteiger partial charge in [0, 0.05) is 55.1 Å². The van der Waals surface area contributed by atoms with Gasteiger partial charge in [0.15, 0.2) is 6.10 Å². The van der Waals surface area contributed by atoms with Gasteiger partial charge in [0.25, 0.3) is 5.91 Å². The van der Waals surface area contributed by atoms with E-state index in [1.807, 2.05) is 21.2 Å². The number of likely N-dealkylation sites (tertiary alicyclic amines) is 3. The molecule has 3 fully saturated rings. The molecule has 1 aromatic carbocycles. The highest BCUT2D eigenvalue weighted by Crippen LogP contribution is 2.32. The van der Waals surface area contributed by atoms with E-state index >= 15 is 0 Å². The Bertz CT molecular complexity index is 1450. The monoisotopic (exact) mass is 652 g/mol. The molecule has 45 heavy (non-hydrogen) atoms. The van der Waals surface area contributed by atoms with Gasteiger partial charge in [-0.05, 0) is 80.8 Å². The predicted molar refractivity (Wildman–Crippen MR) is 176 cm³/mol. The molecule has 1 atom stereocenters. The summed E-state index contributed by atoms with van der Waals surface area (Å²) in [5, 5.41) is 5.25. The molecule has 0 saturated carbocycles. The second kappa shape index (κ2) is 13.9. The van der Waals surface area contributed by atoms with E-state index in [9.17, 15) is 14.4 Å². The molecule has 0 spiro atoms. The van der Waals surface area contributed by atoms with E-state index in [0.717, 1.165) is 36.5 Å². The van der Waals surface area contributed by atoms with Crippen molar-refractivity contribution < 1.29 is 19.1 Å². The van der Waals surface area contributed by atoms with E-state index in [0.29, 0.717) is 73.4 Å². The van der Waals surface area contributed by atoms with Crippen LogP contribution in [0, 0.1) is 12.3 Å². The summed E-state index contributed by atoms with van der Waals surface area (Å²) >= 11 is 8.00. The molecular formula is C33H41ClN6O4S. The van der Waals surface area contributed by atoms with Crippen molar-refractivity contribution in [2.24, 2.45) is 0 Å². The average molecular weight is 653 g/mol. The number of carbonyl (C=O) groups excluding carboxylic acids is 3. The van der Waals surface area contributed by atoms with Crippen molar-refractivity contribution in [3.05, 3.63) is 44.6 Å². The molecule has 0 aliphatic carbocycles. The number of fused-ring (bicyclic) bond motifs is 1. The number of terminal acetylenes is 1. The molecule has 6 rings (SSSR count). The summed E-state index contributed by atoms with van der Waals surface area (Å²) in [4.78, 5) is 49.3. The lowest BCUT2D eigenvalue weighted by atomic mass is 9.98. The fraction of sp³-hybridized carbons (Fsp3) is 0.545. The molecule has 5 heterocycles. The molecule has 0 unspecified atom stereocenters. The van der Waals surface area contributed by atoms with E-state index in [4.69, 9.17) is 28.5 Å². The van der Waals surface area contributed by atoms with Crippen molar-refractivity contribution in [1.29, 1.82) is 0 Å². The molecule has 1 aromatic heterocycles. The number of amides is 4. The predicted octanol–water partition coefficient (Wildman–Crippen LogP) is 5.00. The van der Waals surface area contributed by atoms with Crippen LogP contribution in [0.15, 0.2) is 23.6 Å². The van der Waals surface area contributed by atoms with Crippen LogP contribution in [-0.4, -0.2) is 95.1 Å². The Balaban J connectivity index is 1.11. The maximum atomic E-state index is 14.0. The number of nitrogens with two attached hydrogens (primary N) is 1. The summed E-state index contributed by atoms with van der Waals surface area (Å²) in [6, 6.07) is 5.73. The number of nitrogens with zero attached hydrogens (tertiary/aromatic N) is 4. The fourth-order valence-electron chi connectivity index (χ4n) is 7.08. The third kappa shape index (κ3) is 7.03. The van der Waals surface area contributed by atoms with Gasteiger partial charge >= 0.3 is 12.1 Å². The smallest absolute Gasteiger partial charge is 0.410 e. The lowest BCUT2D eigenvalue weighted by molar-refractivity contribution is -0.142. The number of anilines is 2. The summed E-state index contributed by atoms with van der Waals surface area (Å²) in [6.07, 6.45) is 11.1. The van der Waals surface area contributed by atoms with Crippen LogP contribution in [0.5, 0.6) is 0 Å². The van der Waals surface area contributed by atoms with Gasteiger partial charge < -0.3 is 35.4 Å². The van der Waals surface area contributed by atoms with Gasteiger partial charge in [0.1, 0.15) is 0 Å². The minimum Gasteiger partial charge on any atom is -0.436 e. The maximum absolute atomic E-state index is 14.0. The van der Waals surface area contributed by atoms with Gasteiger partial charge in [0.05, 0.1) is 22.9 Å². The number of nitrogens with one attached hydrogen (secondary N) is 1. The zero-order chi connectivity index (χ0) is 31.5. The molecule has 3 N–H and O–H groups in total. The van der Waals surface area contributed by atoms with Gasteiger partial charge in [-0.1, -0.05) is 23.9 Å². The topological polar surface area (TPSA) is 111 Å². The van der Waals surface area contributed by atoms with Crippen LogP contribution < -0.4 is 11.1 Å². The average Bonchev–Trinajstić information content (AvgIpc) is 3.53. The van der Waals surface area contributed by atoms with Gasteiger partial charge in [-0.2, -0.15) is 0 Å². The number of halogens is 1. The summed E-state index contributed by atoms with van der Waals surface area (Å²) in [7, 11) is 0. The van der Waals surface area contributed by atoms with Gasteiger partial charge in [-0.15, -0.1) is 17.8 Å². The number of urea groups is 1. The second-order valence-electron chi connectivity index (χ2n) is 12.4. The lowest BCUT2D eigenvalue weighted by Gasteiger charge is -2.41. The van der Waals surface area contributed by atoms with Crippen LogP contribution in [0.3, 0.4) is 0 Å². The SMILES string of the molecule is C#Cc1cc(C[C@@H](OC(=O)N2CCC(N3Cc4sccc4NC3=O)CC2)C(=O)N2CCC(N3CCCCC3)CC2)cc(Cl)c1N. The highest BCUT2D eigenvalue weighted by Gasteiger charge is 2.37. The molecular weight excluding hydrogens is 612 g/mol. The summed E-state index contributed by atoms with van der Waals surface area (Å²) in [6.45, 7) is 4.94. The number of hydrogen-bond donors (Lipinski definition) is 2. The maximum Gasteiger partial charge on any atom is 0.410 e. The van der Waals surface area contributed by atoms with Crippen molar-refractivity contribution in [2.45, 2.75) is 76.1 Å². The van der Waals surface area contributed by atoms with E-state index in [-0.39, 0.29) is 24.4 Å². The van der Waals surface area contributed by atoms with Gasteiger partial charge in [-0.25, -0.2) is 9.59 Å². The van der Waals surface area contributed by atoms with Crippen LogP contribution in [0.4, 0.5) is 21.0 Å². The molecule has 4 aliphatic rings. The largest absolute Gasteiger partial charge is 0.436 e. The first kappa shape index (κ1) is 31.5. The number of nitrogen functional groups attached to an aromatic ring is 1. The minimum absolute atomic E-state index is 0.0158. The first-order valence-electron chi connectivity index (χ1n) is 16.0. The number of thiophene rings is 1. The fourth-order valence-corrected chi connectivity index (χ4v) is 8.15. The number of ether oxygens (including phenoxy) is 1. The van der Waals surface area contributed by atoms with Crippen molar-refractivity contribution >= 4 is 52.3 Å². The Labute approximate surface area is 273 Å². The van der Waals surface area contributed by atoms with E-state index in [1.54, 1.807) is 28.4 Å². The molecule has 0 bridgehead atoms. The first-order valence-corrected chi connectivity index (χ1v) is 17.2. The van der Waals surface area contributed by atoms with E-state index < -0.39 is 12.2 Å². The molecule has 12 heteroatoms. The lowest BCUT2D eigenvalue weighted by Crippen LogP contribution is -2.53. The van der Waals surface area contributed by atoms with Crippen molar-refractivity contribution in [1.82, 2.24) is 19.6 Å². The number of benzene rings is 1. The molecule has 3 saturated heterocycles. The molecule has 0 radical (unpaired) electrons. The van der Waals surface area contributed by atoms with E-state index in [2.05, 4.69) is 16.1 Å². The van der Waals surface area contributed by atoms with Crippen molar-refractivity contribution in [2.75, 3.05) is 50.3 Å². The Hall–Kier alpha value is -3.46. The van der Waals surface area contributed by atoms with Crippen LogP contribution >= 0.6 is 22.9 Å². The third-order valence-corrected chi connectivity index (χ3v) is 10.9. The normalized spacial score (nSPS) is 20.7. The number of piperidine rings is 3. The zero-order valence-electron chi connectivity index (χ0n) is 25.5. The summed E-state index contributed by atoms with van der Waals surface area (Å²) in [5.74, 6) is 2.35. The Kier molecular flexibility index (Phi) is 9.73. The zero-order valence-corrected chi connectivity index (χ0v) is 27.1. The molecule has 240 valence electrons. The molecule has 4 amide bonds. The number of hydrogen-bond acceptors (Lipinski definition) is 7.